The van der Waals surface area contributed by atoms with E-state index in [1.54, 1.807) is 0 Å². The van der Waals surface area contributed by atoms with Crippen LogP contribution in [0.3, 0.4) is 0 Å². The number of rotatable bonds is 0. The molecule has 1 aliphatic heterocycles. The van der Waals surface area contributed by atoms with Gasteiger partial charge in [-0.15, -0.1) is 24.0 Å². The van der Waals surface area contributed by atoms with E-state index in [1.807, 2.05) is 0 Å². The average molecular weight is 240 g/mol. The van der Waals surface area contributed by atoms with Gasteiger partial charge < -0.3 is 4.90 Å². The molecule has 54 valence electrons. The summed E-state index contributed by atoms with van der Waals surface area (Å²) in [6, 6.07) is 0. The second-order valence-corrected chi connectivity index (χ2v) is 2.20. The first-order chi connectivity index (χ1) is 3.80. The molecule has 0 radical (unpaired) electrons. The van der Waals surface area contributed by atoms with Gasteiger partial charge in [0, 0.05) is 20.1 Å². The Bertz CT molecular complexity index is 112. The number of aliphatic imine (C=N–C) groups is 1. The van der Waals surface area contributed by atoms with E-state index in [4.69, 9.17) is 0 Å². The van der Waals surface area contributed by atoms with Gasteiger partial charge in [-0.1, -0.05) is 0 Å². The van der Waals surface area contributed by atoms with Gasteiger partial charge in [-0.05, 0) is 13.3 Å². The van der Waals surface area contributed by atoms with Gasteiger partial charge in [-0.3, -0.25) is 4.99 Å². The number of amidine groups is 1. The molecule has 0 spiro atoms. The van der Waals surface area contributed by atoms with Crippen molar-refractivity contribution in [2.45, 2.75) is 13.3 Å². The van der Waals surface area contributed by atoms with E-state index in [2.05, 4.69) is 23.9 Å². The predicted octanol–water partition coefficient (Wildman–Crippen LogP) is 1.36. The van der Waals surface area contributed by atoms with E-state index in [1.165, 1.54) is 18.8 Å². The molecule has 1 heterocycles. The van der Waals surface area contributed by atoms with Crippen LogP contribution < -0.4 is 0 Å². The molecule has 0 N–H and O–H groups in total. The molecule has 0 saturated carbocycles. The van der Waals surface area contributed by atoms with Crippen molar-refractivity contribution >= 4 is 29.8 Å². The Kier molecular flexibility index (Phi) is 4.18. The molecule has 0 aromatic carbocycles. The highest BCUT2D eigenvalue weighted by atomic mass is 127. The maximum Gasteiger partial charge on any atom is 0.0954 e. The fourth-order valence-electron chi connectivity index (χ4n) is 0.831. The molecule has 1 aliphatic rings. The van der Waals surface area contributed by atoms with Crippen molar-refractivity contribution in [1.82, 2.24) is 4.90 Å². The van der Waals surface area contributed by atoms with Gasteiger partial charge in [0.1, 0.15) is 0 Å². The molecule has 0 bridgehead atoms. The normalized spacial score (nSPS) is 18.4. The lowest BCUT2D eigenvalue weighted by atomic mass is 10.3. The summed E-state index contributed by atoms with van der Waals surface area (Å²) in [6.07, 6.45) is 1.22. The Labute approximate surface area is 73.4 Å². The first-order valence-corrected chi connectivity index (χ1v) is 3.03. The van der Waals surface area contributed by atoms with Gasteiger partial charge in [0.05, 0.1) is 5.84 Å². The highest BCUT2D eigenvalue weighted by Gasteiger charge is 2.03. The summed E-state index contributed by atoms with van der Waals surface area (Å²) in [5, 5.41) is 0. The topological polar surface area (TPSA) is 15.6 Å². The minimum absolute atomic E-state index is 0. The third kappa shape index (κ3) is 2.51. The van der Waals surface area contributed by atoms with Gasteiger partial charge >= 0.3 is 0 Å². The summed E-state index contributed by atoms with van der Waals surface area (Å²) in [5.41, 5.74) is 0. The van der Waals surface area contributed by atoms with E-state index in [9.17, 15) is 0 Å². The van der Waals surface area contributed by atoms with Gasteiger partial charge in [-0.25, -0.2) is 0 Å². The molecule has 0 aromatic heterocycles. The maximum atomic E-state index is 4.25. The zero-order chi connectivity index (χ0) is 5.98. The highest BCUT2D eigenvalue weighted by molar-refractivity contribution is 14.0. The van der Waals surface area contributed by atoms with Crippen molar-refractivity contribution in [2.75, 3.05) is 20.1 Å². The van der Waals surface area contributed by atoms with Gasteiger partial charge in [0.15, 0.2) is 0 Å². The summed E-state index contributed by atoms with van der Waals surface area (Å²) in [5.74, 6) is 1.18. The molecule has 9 heavy (non-hydrogen) atoms. The Hall–Kier alpha value is 0.200. The van der Waals surface area contributed by atoms with Crippen molar-refractivity contribution in [3.63, 3.8) is 0 Å². The van der Waals surface area contributed by atoms with E-state index in [-0.39, 0.29) is 24.0 Å². The van der Waals surface area contributed by atoms with E-state index < -0.39 is 0 Å². The number of halogens is 1. The molecule has 0 fully saturated rings. The molecule has 0 atom stereocenters. The van der Waals surface area contributed by atoms with Crippen molar-refractivity contribution < 1.29 is 0 Å². The number of hydrogen-bond acceptors (Lipinski definition) is 2. The van der Waals surface area contributed by atoms with Crippen molar-refractivity contribution in [3.05, 3.63) is 0 Å². The molecular weight excluding hydrogens is 227 g/mol. The standard InChI is InChI=1S/C6H12N2.HI/c1-6-7-4-3-5-8(6)2;/h3-5H2,1-2H3;1H. The third-order valence-corrected chi connectivity index (χ3v) is 1.54. The van der Waals surface area contributed by atoms with Gasteiger partial charge in [0.25, 0.3) is 0 Å². The smallest absolute Gasteiger partial charge is 0.0954 e. The fourth-order valence-corrected chi connectivity index (χ4v) is 0.831. The minimum atomic E-state index is 0. The summed E-state index contributed by atoms with van der Waals surface area (Å²) >= 11 is 0. The van der Waals surface area contributed by atoms with E-state index in [0.29, 0.717) is 0 Å². The second-order valence-electron chi connectivity index (χ2n) is 2.20. The van der Waals surface area contributed by atoms with Crippen LogP contribution in [0.1, 0.15) is 13.3 Å². The van der Waals surface area contributed by atoms with Crippen LogP contribution in [0.15, 0.2) is 4.99 Å². The van der Waals surface area contributed by atoms with Crippen LogP contribution in [-0.4, -0.2) is 30.9 Å². The summed E-state index contributed by atoms with van der Waals surface area (Å²) in [4.78, 5) is 6.44. The molecule has 0 amide bonds. The lowest BCUT2D eigenvalue weighted by Crippen LogP contribution is -2.29. The zero-order valence-electron chi connectivity index (χ0n) is 5.92. The molecule has 3 heteroatoms. The molecular formula is C6H13IN2. The van der Waals surface area contributed by atoms with Crippen LogP contribution in [0.25, 0.3) is 0 Å². The first kappa shape index (κ1) is 9.20. The van der Waals surface area contributed by atoms with Crippen LogP contribution in [0.4, 0.5) is 0 Å². The Morgan fingerprint density at radius 1 is 1.56 bits per heavy atom. The summed E-state index contributed by atoms with van der Waals surface area (Å²) in [6.45, 7) is 4.25. The van der Waals surface area contributed by atoms with Crippen LogP contribution in [0, 0.1) is 0 Å². The van der Waals surface area contributed by atoms with Crippen molar-refractivity contribution in [2.24, 2.45) is 4.99 Å². The first-order valence-electron chi connectivity index (χ1n) is 3.03. The van der Waals surface area contributed by atoms with Crippen LogP contribution >= 0.6 is 24.0 Å². The maximum absolute atomic E-state index is 4.25. The summed E-state index contributed by atoms with van der Waals surface area (Å²) < 4.78 is 0. The Balaban J connectivity index is 0.000000640. The summed E-state index contributed by atoms with van der Waals surface area (Å²) in [7, 11) is 2.08. The van der Waals surface area contributed by atoms with E-state index >= 15 is 0 Å². The fraction of sp³-hybridized carbons (Fsp3) is 0.833. The van der Waals surface area contributed by atoms with Crippen LogP contribution in [0.2, 0.25) is 0 Å². The average Bonchev–Trinajstić information content (AvgIpc) is 1.77. The number of hydrogen-bond donors (Lipinski definition) is 0. The lowest BCUT2D eigenvalue weighted by Gasteiger charge is -2.21. The molecule has 0 aromatic rings. The lowest BCUT2D eigenvalue weighted by molar-refractivity contribution is 0.464. The third-order valence-electron chi connectivity index (χ3n) is 1.54. The minimum Gasteiger partial charge on any atom is -0.364 e. The van der Waals surface area contributed by atoms with Crippen molar-refractivity contribution in [1.29, 1.82) is 0 Å². The molecule has 0 aliphatic carbocycles. The van der Waals surface area contributed by atoms with Gasteiger partial charge in [0.2, 0.25) is 0 Å². The molecule has 2 nitrogen and oxygen atoms in total. The zero-order valence-corrected chi connectivity index (χ0v) is 8.25. The van der Waals surface area contributed by atoms with Crippen LogP contribution in [-0.2, 0) is 0 Å². The quantitative estimate of drug-likeness (QED) is 0.584. The molecule has 1 rings (SSSR count). The molecule has 0 saturated heterocycles. The SMILES string of the molecule is CC1=NCCCN1C.I. The number of nitrogens with zero attached hydrogens (tertiary/aromatic N) is 2. The Morgan fingerprint density at radius 2 is 2.22 bits per heavy atom. The monoisotopic (exact) mass is 240 g/mol. The van der Waals surface area contributed by atoms with Crippen molar-refractivity contribution in [3.8, 4) is 0 Å². The largest absolute Gasteiger partial charge is 0.364 e. The van der Waals surface area contributed by atoms with E-state index in [0.717, 1.165) is 6.54 Å². The predicted molar refractivity (Wildman–Crippen MR) is 50.6 cm³/mol. The highest BCUT2D eigenvalue weighted by Crippen LogP contribution is 1.97. The second kappa shape index (κ2) is 4.09. The van der Waals surface area contributed by atoms with Crippen LogP contribution in [0.5, 0.6) is 0 Å². The Morgan fingerprint density at radius 3 is 2.56 bits per heavy atom. The van der Waals surface area contributed by atoms with Gasteiger partial charge in [-0.2, -0.15) is 0 Å². The molecule has 0 unspecified atom stereocenters.